The lowest BCUT2D eigenvalue weighted by Crippen LogP contribution is -2.22. The largest absolute Gasteiger partial charge is 0.384 e. The van der Waals surface area contributed by atoms with Crippen molar-refractivity contribution in [1.82, 2.24) is 0 Å². The molecule has 0 amide bonds. The molecule has 0 saturated carbocycles. The molecule has 0 radical (unpaired) electrons. The van der Waals surface area contributed by atoms with E-state index in [9.17, 15) is 8.42 Å². The first-order valence-corrected chi connectivity index (χ1v) is 7.13. The van der Waals surface area contributed by atoms with Crippen LogP contribution in [0.5, 0.6) is 0 Å². The van der Waals surface area contributed by atoms with Crippen LogP contribution in [0.1, 0.15) is 25.0 Å². The average Bonchev–Trinajstić information content (AvgIpc) is 2.29. The van der Waals surface area contributed by atoms with Gasteiger partial charge in [0.25, 0.3) is 0 Å². The molecule has 0 heterocycles. The van der Waals surface area contributed by atoms with E-state index in [1.54, 1.807) is 32.0 Å². The first-order chi connectivity index (χ1) is 8.36. The second kappa shape index (κ2) is 5.89. The van der Waals surface area contributed by atoms with Crippen LogP contribution < -0.4 is 4.72 Å². The molecule has 98 valence electrons. The van der Waals surface area contributed by atoms with Crippen molar-refractivity contribution < 1.29 is 13.5 Å². The van der Waals surface area contributed by atoms with Crippen molar-refractivity contribution in [3.63, 3.8) is 0 Å². The Morgan fingerprint density at radius 1 is 1.39 bits per heavy atom. The van der Waals surface area contributed by atoms with E-state index in [0.717, 1.165) is 11.1 Å². The van der Waals surface area contributed by atoms with Crippen molar-refractivity contribution in [2.75, 3.05) is 11.3 Å². The Kier molecular flexibility index (Phi) is 4.76. The van der Waals surface area contributed by atoms with Gasteiger partial charge in [-0.1, -0.05) is 11.8 Å². The topological polar surface area (TPSA) is 66.4 Å². The average molecular weight is 267 g/mol. The Bertz CT molecular complexity index is 580. The molecule has 0 bridgehead atoms. The van der Waals surface area contributed by atoms with E-state index in [2.05, 4.69) is 16.6 Å². The minimum absolute atomic E-state index is 0.194. The van der Waals surface area contributed by atoms with E-state index in [1.165, 1.54) is 0 Å². The Morgan fingerprint density at radius 3 is 2.56 bits per heavy atom. The smallest absolute Gasteiger partial charge is 0.235 e. The van der Waals surface area contributed by atoms with Gasteiger partial charge in [0, 0.05) is 5.56 Å². The summed E-state index contributed by atoms with van der Waals surface area (Å²) in [6, 6.07) is 5.17. The Labute approximate surface area is 108 Å². The molecule has 1 aromatic rings. The van der Waals surface area contributed by atoms with E-state index < -0.39 is 15.3 Å². The molecule has 18 heavy (non-hydrogen) atoms. The van der Waals surface area contributed by atoms with Crippen molar-refractivity contribution in [1.29, 1.82) is 0 Å². The van der Waals surface area contributed by atoms with Crippen LogP contribution in [0.3, 0.4) is 0 Å². The Morgan fingerprint density at radius 2 is 2.06 bits per heavy atom. The minimum Gasteiger partial charge on any atom is -0.384 e. The predicted octanol–water partition coefficient (Wildman–Crippen LogP) is 1.49. The fourth-order valence-corrected chi connectivity index (χ4v) is 2.04. The first kappa shape index (κ1) is 14.6. The van der Waals surface area contributed by atoms with Crippen molar-refractivity contribution >= 4 is 15.7 Å². The van der Waals surface area contributed by atoms with Gasteiger partial charge in [-0.2, -0.15) is 0 Å². The number of sulfonamides is 1. The summed E-state index contributed by atoms with van der Waals surface area (Å²) in [6.45, 7) is 4.86. The summed E-state index contributed by atoms with van der Waals surface area (Å²) in [5, 5.41) is 8.12. The molecule has 0 aromatic heterocycles. The molecule has 1 aromatic carbocycles. The van der Waals surface area contributed by atoms with Gasteiger partial charge in [-0.05, 0) is 44.5 Å². The van der Waals surface area contributed by atoms with Gasteiger partial charge in [-0.15, -0.1) is 0 Å². The van der Waals surface area contributed by atoms with Gasteiger partial charge in [0.1, 0.15) is 6.61 Å². The van der Waals surface area contributed by atoms with Crippen molar-refractivity contribution in [2.45, 2.75) is 26.0 Å². The number of rotatable bonds is 3. The van der Waals surface area contributed by atoms with Crippen LogP contribution in [0.25, 0.3) is 0 Å². The van der Waals surface area contributed by atoms with Gasteiger partial charge >= 0.3 is 0 Å². The molecule has 0 unspecified atom stereocenters. The zero-order valence-corrected chi connectivity index (χ0v) is 11.5. The molecule has 2 N–H and O–H groups in total. The van der Waals surface area contributed by atoms with E-state index in [-0.39, 0.29) is 6.61 Å². The number of hydrogen-bond donors (Lipinski definition) is 2. The van der Waals surface area contributed by atoms with Crippen LogP contribution in [-0.2, 0) is 10.0 Å². The van der Waals surface area contributed by atoms with Gasteiger partial charge in [-0.3, -0.25) is 4.72 Å². The number of aryl methyl sites for hydroxylation is 1. The van der Waals surface area contributed by atoms with Crippen molar-refractivity contribution in [2.24, 2.45) is 0 Å². The maximum Gasteiger partial charge on any atom is 0.235 e. The number of aliphatic hydroxyl groups excluding tert-OH is 1. The van der Waals surface area contributed by atoms with Gasteiger partial charge in [0.15, 0.2) is 0 Å². The maximum atomic E-state index is 11.7. The predicted molar refractivity (Wildman–Crippen MR) is 72.8 cm³/mol. The summed E-state index contributed by atoms with van der Waals surface area (Å²) in [7, 11) is -3.33. The Hall–Kier alpha value is -1.51. The molecule has 1 rings (SSSR count). The van der Waals surface area contributed by atoms with E-state index in [1.807, 2.05) is 6.92 Å². The lowest BCUT2D eigenvalue weighted by Gasteiger charge is -2.12. The normalized spacial score (nSPS) is 10.9. The zero-order chi connectivity index (χ0) is 13.8. The molecule has 0 aliphatic rings. The molecular formula is C13H17NO3S. The maximum absolute atomic E-state index is 11.7. The van der Waals surface area contributed by atoms with Crippen molar-refractivity contribution in [3.05, 3.63) is 29.3 Å². The van der Waals surface area contributed by atoms with Crippen LogP contribution in [0.4, 0.5) is 5.69 Å². The van der Waals surface area contributed by atoms with Crippen LogP contribution in [0, 0.1) is 18.8 Å². The summed E-state index contributed by atoms with van der Waals surface area (Å²) in [5.41, 5.74) is 2.09. The van der Waals surface area contributed by atoms with Gasteiger partial charge < -0.3 is 5.11 Å². The third-order valence-electron chi connectivity index (χ3n) is 2.41. The van der Waals surface area contributed by atoms with E-state index in [0.29, 0.717) is 5.69 Å². The van der Waals surface area contributed by atoms with Crippen LogP contribution >= 0.6 is 0 Å². The number of nitrogens with one attached hydrogen (secondary N) is 1. The molecule has 0 fully saturated rings. The summed E-state index contributed by atoms with van der Waals surface area (Å²) < 4.78 is 26.0. The number of benzene rings is 1. The fourth-order valence-electron chi connectivity index (χ4n) is 1.27. The minimum atomic E-state index is -3.33. The highest BCUT2D eigenvalue weighted by molar-refractivity contribution is 7.93. The quantitative estimate of drug-likeness (QED) is 0.815. The number of anilines is 1. The second-order valence-electron chi connectivity index (χ2n) is 4.19. The van der Waals surface area contributed by atoms with Crippen LogP contribution in [0.15, 0.2) is 18.2 Å². The number of aliphatic hydroxyl groups is 1. The molecule has 0 atom stereocenters. The van der Waals surface area contributed by atoms with Gasteiger partial charge in [0.2, 0.25) is 10.0 Å². The molecule has 4 nitrogen and oxygen atoms in total. The summed E-state index contributed by atoms with van der Waals surface area (Å²) in [6.07, 6.45) is 0. The molecule has 0 aliphatic carbocycles. The highest BCUT2D eigenvalue weighted by atomic mass is 32.2. The third kappa shape index (κ3) is 3.76. The van der Waals surface area contributed by atoms with Crippen LogP contribution in [-0.4, -0.2) is 25.4 Å². The van der Waals surface area contributed by atoms with Crippen molar-refractivity contribution in [3.8, 4) is 11.8 Å². The second-order valence-corrected chi connectivity index (χ2v) is 6.42. The third-order valence-corrected chi connectivity index (χ3v) is 4.16. The van der Waals surface area contributed by atoms with Gasteiger partial charge in [0.05, 0.1) is 10.9 Å². The molecule has 0 spiro atoms. The summed E-state index contributed by atoms with van der Waals surface area (Å²) in [5.74, 6) is 5.32. The molecule has 5 heteroatoms. The highest BCUT2D eigenvalue weighted by Crippen LogP contribution is 2.18. The number of hydrogen-bond acceptors (Lipinski definition) is 3. The van der Waals surface area contributed by atoms with E-state index >= 15 is 0 Å². The Balaban J connectivity index is 3.00. The first-order valence-electron chi connectivity index (χ1n) is 5.59. The lowest BCUT2D eigenvalue weighted by atomic mass is 10.1. The summed E-state index contributed by atoms with van der Waals surface area (Å²) in [4.78, 5) is 0. The van der Waals surface area contributed by atoms with E-state index in [4.69, 9.17) is 5.11 Å². The molecule has 0 aliphatic heterocycles. The fraction of sp³-hybridized carbons (Fsp3) is 0.385. The van der Waals surface area contributed by atoms with Gasteiger partial charge in [-0.25, -0.2) is 8.42 Å². The monoisotopic (exact) mass is 267 g/mol. The lowest BCUT2D eigenvalue weighted by molar-refractivity contribution is 0.350. The standard InChI is InChI=1S/C13H17NO3S/c1-10(2)18(16,17)14-13-7-6-12(5-4-8-15)9-11(13)3/h6-7,9-10,14-15H,8H2,1-3H3. The summed E-state index contributed by atoms with van der Waals surface area (Å²) >= 11 is 0. The SMILES string of the molecule is Cc1cc(C#CCO)ccc1NS(=O)(=O)C(C)C. The highest BCUT2D eigenvalue weighted by Gasteiger charge is 2.16. The molecular weight excluding hydrogens is 250 g/mol. The molecule has 0 saturated heterocycles. The zero-order valence-electron chi connectivity index (χ0n) is 10.7. The van der Waals surface area contributed by atoms with Crippen LogP contribution in [0.2, 0.25) is 0 Å².